The summed E-state index contributed by atoms with van der Waals surface area (Å²) in [5.41, 5.74) is 5.73. The minimum atomic E-state index is -0.768. The number of Topliss-reactive ketones (excluding diaryl/α,β-unsaturated/α-hetero) is 2. The summed E-state index contributed by atoms with van der Waals surface area (Å²) in [4.78, 5) is 28.3. The van der Waals surface area contributed by atoms with Crippen LogP contribution in [0.25, 0.3) is 11.6 Å². The van der Waals surface area contributed by atoms with Gasteiger partial charge in [0, 0.05) is 5.56 Å². The third kappa shape index (κ3) is 8.40. The molecule has 1 unspecified atom stereocenters. The maximum absolute atomic E-state index is 14.4. The number of carbonyl (C=O) groups excluding carboxylic acids is 2. The fourth-order valence-electron chi connectivity index (χ4n) is 4.71. The molecule has 0 bridgehead atoms. The Morgan fingerprint density at radius 2 is 1.21 bits per heavy atom. The summed E-state index contributed by atoms with van der Waals surface area (Å²) >= 11 is 0.167. The van der Waals surface area contributed by atoms with Crippen molar-refractivity contribution in [2.45, 2.75) is 18.7 Å². The van der Waals surface area contributed by atoms with Crippen LogP contribution in [0.15, 0.2) is 140 Å². The number of ketones is 2. The Hall–Kier alpha value is -4.74. The van der Waals surface area contributed by atoms with Crippen molar-refractivity contribution in [1.82, 2.24) is 0 Å². The molecule has 210 valence electrons. The Kier molecular flexibility index (Phi) is 10.3. The predicted molar refractivity (Wildman–Crippen MR) is 178 cm³/mol. The van der Waals surface area contributed by atoms with E-state index in [0.717, 1.165) is 33.1 Å². The Balaban J connectivity index is 1.46. The van der Waals surface area contributed by atoms with Gasteiger partial charge in [-0.1, -0.05) is 18.2 Å². The molecule has 0 heterocycles. The number of benzene rings is 5. The topological polar surface area (TPSA) is 34.1 Å². The first kappa shape index (κ1) is 29.7. The van der Waals surface area contributed by atoms with Gasteiger partial charge in [-0.3, -0.25) is 0 Å². The monoisotopic (exact) mass is 624 g/mol. The maximum atomic E-state index is 14.4. The van der Waals surface area contributed by atoms with E-state index in [0.29, 0.717) is 17.6 Å². The first-order valence-corrected chi connectivity index (χ1v) is 16.4. The van der Waals surface area contributed by atoms with Crippen molar-refractivity contribution >= 4 is 42.6 Å². The third-order valence-electron chi connectivity index (χ3n) is 7.08. The number of allylic oxidation sites excluding steroid dienone is 1. The van der Waals surface area contributed by atoms with Gasteiger partial charge in [-0.15, -0.1) is 0 Å². The first-order valence-electron chi connectivity index (χ1n) is 14.3. The standard InChI is InChI=1S/C40H32O2Se/c1-30-17-25-35(26-18-30)39(41)37(27-28-43-36-15-9-4-10-16-36)40(42)38(34-13-7-3-8-14-34)29-33-23-21-32(22-24-33)20-19-31-11-5-2-6-12-31/h2-18,21-26,29,37H,27-28H2,1H3/b38-29+. The Morgan fingerprint density at radius 3 is 1.84 bits per heavy atom. The number of rotatable bonds is 10. The molecule has 2 nitrogen and oxygen atoms in total. The van der Waals surface area contributed by atoms with Crippen LogP contribution in [0.4, 0.5) is 0 Å². The van der Waals surface area contributed by atoms with Crippen molar-refractivity contribution < 1.29 is 9.59 Å². The van der Waals surface area contributed by atoms with Crippen LogP contribution in [-0.4, -0.2) is 26.5 Å². The number of carbonyl (C=O) groups is 2. The average molecular weight is 624 g/mol. The molecule has 0 fully saturated rings. The van der Waals surface area contributed by atoms with Crippen molar-refractivity contribution in [3.63, 3.8) is 0 Å². The Bertz CT molecular complexity index is 1740. The fraction of sp³-hybridized carbons (Fsp3) is 0.100. The van der Waals surface area contributed by atoms with E-state index in [2.05, 4.69) is 24.0 Å². The molecule has 5 rings (SSSR count). The van der Waals surface area contributed by atoms with Crippen LogP contribution < -0.4 is 4.46 Å². The molecule has 0 N–H and O–H groups in total. The van der Waals surface area contributed by atoms with E-state index < -0.39 is 5.92 Å². The zero-order valence-electron chi connectivity index (χ0n) is 24.1. The SMILES string of the molecule is Cc1ccc(C(=O)C(CC[Se]c2ccccc2)C(=O)/C(=C/c2ccc(C#Cc3ccccc3)cc2)c2ccccc2)cc1. The summed E-state index contributed by atoms with van der Waals surface area (Å²) in [5, 5.41) is 0.794. The van der Waals surface area contributed by atoms with E-state index in [-0.39, 0.29) is 26.5 Å². The second-order valence-electron chi connectivity index (χ2n) is 10.3. The molecular formula is C40H32O2Se. The van der Waals surface area contributed by atoms with Gasteiger partial charge in [-0.25, -0.2) is 0 Å². The molecule has 1 atom stereocenters. The zero-order valence-corrected chi connectivity index (χ0v) is 25.8. The average Bonchev–Trinajstić information content (AvgIpc) is 3.06. The molecule has 0 aliphatic rings. The van der Waals surface area contributed by atoms with Crippen LogP contribution in [-0.2, 0) is 4.79 Å². The van der Waals surface area contributed by atoms with Crippen LogP contribution in [0, 0.1) is 24.7 Å². The summed E-state index contributed by atoms with van der Waals surface area (Å²) in [6.07, 6.45) is 2.41. The van der Waals surface area contributed by atoms with Gasteiger partial charge in [0.1, 0.15) is 0 Å². The Morgan fingerprint density at radius 1 is 0.651 bits per heavy atom. The Labute approximate surface area is 260 Å². The third-order valence-corrected chi connectivity index (χ3v) is 9.28. The quantitative estimate of drug-likeness (QED) is 0.0397. The van der Waals surface area contributed by atoms with E-state index >= 15 is 0 Å². The van der Waals surface area contributed by atoms with Gasteiger partial charge in [0.2, 0.25) is 0 Å². The predicted octanol–water partition coefficient (Wildman–Crippen LogP) is 7.84. The first-order chi connectivity index (χ1) is 21.1. The minimum absolute atomic E-state index is 0.123. The summed E-state index contributed by atoms with van der Waals surface area (Å²) in [5.74, 6) is 5.36. The van der Waals surface area contributed by atoms with Crippen LogP contribution in [0.2, 0.25) is 5.32 Å². The van der Waals surface area contributed by atoms with E-state index in [1.54, 1.807) is 0 Å². The van der Waals surface area contributed by atoms with Crippen LogP contribution in [0.5, 0.6) is 0 Å². The van der Waals surface area contributed by atoms with E-state index in [9.17, 15) is 9.59 Å². The van der Waals surface area contributed by atoms with Crippen molar-refractivity contribution in [1.29, 1.82) is 0 Å². The normalized spacial score (nSPS) is 11.7. The van der Waals surface area contributed by atoms with Gasteiger partial charge in [-0.2, -0.15) is 0 Å². The summed E-state index contributed by atoms with van der Waals surface area (Å²) in [7, 11) is 0. The molecule has 0 aliphatic carbocycles. The number of hydrogen-bond acceptors (Lipinski definition) is 2. The molecule has 0 aliphatic heterocycles. The van der Waals surface area contributed by atoms with E-state index in [4.69, 9.17) is 0 Å². The molecule has 0 spiro atoms. The summed E-state index contributed by atoms with van der Waals surface area (Å²) in [6.45, 7) is 1.99. The molecule has 43 heavy (non-hydrogen) atoms. The van der Waals surface area contributed by atoms with Crippen LogP contribution in [0.1, 0.15) is 44.6 Å². The second-order valence-corrected chi connectivity index (χ2v) is 12.7. The summed E-state index contributed by atoms with van der Waals surface area (Å²) in [6, 6.07) is 45.2. The van der Waals surface area contributed by atoms with E-state index in [1.807, 2.05) is 140 Å². The van der Waals surface area contributed by atoms with Crippen molar-refractivity contribution in [3.05, 3.63) is 173 Å². The molecule has 3 heteroatoms. The summed E-state index contributed by atoms with van der Waals surface area (Å²) < 4.78 is 1.26. The molecule has 0 saturated heterocycles. The zero-order chi connectivity index (χ0) is 29.9. The van der Waals surface area contributed by atoms with Crippen LogP contribution >= 0.6 is 0 Å². The van der Waals surface area contributed by atoms with Gasteiger partial charge in [-0.05, 0) is 12.1 Å². The molecule has 5 aromatic carbocycles. The molecular weight excluding hydrogens is 591 g/mol. The van der Waals surface area contributed by atoms with Gasteiger partial charge < -0.3 is 0 Å². The van der Waals surface area contributed by atoms with Gasteiger partial charge in [0.25, 0.3) is 0 Å². The van der Waals surface area contributed by atoms with E-state index in [1.165, 1.54) is 4.46 Å². The molecule has 0 radical (unpaired) electrons. The van der Waals surface area contributed by atoms with Gasteiger partial charge >= 0.3 is 226 Å². The van der Waals surface area contributed by atoms with Gasteiger partial charge in [0.05, 0.1) is 0 Å². The molecule has 0 amide bonds. The van der Waals surface area contributed by atoms with Crippen molar-refractivity contribution in [2.75, 3.05) is 0 Å². The molecule has 0 aromatic heterocycles. The van der Waals surface area contributed by atoms with Gasteiger partial charge in [0.15, 0.2) is 0 Å². The fourth-order valence-corrected chi connectivity index (χ4v) is 6.68. The van der Waals surface area contributed by atoms with Crippen molar-refractivity contribution in [2.24, 2.45) is 5.92 Å². The number of hydrogen-bond donors (Lipinski definition) is 0. The molecule has 0 saturated carbocycles. The number of aryl methyl sites for hydroxylation is 1. The van der Waals surface area contributed by atoms with Crippen LogP contribution in [0.3, 0.4) is 0 Å². The molecule has 5 aromatic rings. The van der Waals surface area contributed by atoms with Crippen molar-refractivity contribution in [3.8, 4) is 11.8 Å². The second kappa shape index (κ2) is 14.9.